The Hall–Kier alpha value is -2.61. The van der Waals surface area contributed by atoms with Crippen LogP contribution in [0.5, 0.6) is 0 Å². The normalized spacial score (nSPS) is 17.9. The second kappa shape index (κ2) is 9.33. The second-order valence-corrected chi connectivity index (χ2v) is 10.3. The molecule has 33 heavy (non-hydrogen) atoms. The van der Waals surface area contributed by atoms with E-state index in [4.69, 9.17) is 16.6 Å². The number of rotatable bonds is 5. The average molecular weight is 537 g/mol. The molecular weight excluding hydrogens is 514 g/mol. The molecule has 7 heteroatoms. The third-order valence-electron chi connectivity index (χ3n) is 5.65. The highest BCUT2D eigenvalue weighted by Gasteiger charge is 2.42. The topological polar surface area (TPSA) is 41.3 Å². The number of pyridine rings is 1. The van der Waals surface area contributed by atoms with Crippen LogP contribution in [0.1, 0.15) is 34.7 Å². The van der Waals surface area contributed by atoms with Crippen molar-refractivity contribution in [2.24, 2.45) is 0 Å². The van der Waals surface area contributed by atoms with Crippen molar-refractivity contribution in [3.05, 3.63) is 106 Å². The summed E-state index contributed by atoms with van der Waals surface area (Å²) in [6, 6.07) is 24.4. The molecule has 2 atom stereocenters. The number of benzene rings is 2. The highest BCUT2D eigenvalue weighted by Crippen LogP contribution is 2.43. The average Bonchev–Trinajstić information content (AvgIpc) is 3.42. The Morgan fingerprint density at radius 3 is 2.58 bits per heavy atom. The van der Waals surface area contributed by atoms with Gasteiger partial charge in [-0.3, -0.25) is 4.98 Å². The first-order valence-electron chi connectivity index (χ1n) is 10.6. The highest BCUT2D eigenvalue weighted by molar-refractivity contribution is 9.10. The number of hydrogen-bond donors (Lipinski definition) is 1. The maximum Gasteiger partial charge on any atom is 0.174 e. The predicted octanol–water partition coefficient (Wildman–Crippen LogP) is 7.38. The molecule has 1 fully saturated rings. The number of aryl methyl sites for hydroxylation is 2. The summed E-state index contributed by atoms with van der Waals surface area (Å²) in [5.41, 5.74) is 4.32. The lowest BCUT2D eigenvalue weighted by atomic mass is 10.0. The zero-order valence-electron chi connectivity index (χ0n) is 18.2. The lowest BCUT2D eigenvalue weighted by Gasteiger charge is -2.26. The summed E-state index contributed by atoms with van der Waals surface area (Å²) in [7, 11) is 0. The molecule has 2 unspecified atom stereocenters. The SMILES string of the molecule is Cc1ccc(Sc2ccc(C3C(c4ccccn4)NC(=S)N3c3ccc(Br)c(C)c3)o2)cc1. The summed E-state index contributed by atoms with van der Waals surface area (Å²) in [5.74, 6) is 0.841. The van der Waals surface area contributed by atoms with E-state index in [1.807, 2.05) is 36.5 Å². The number of furan rings is 1. The molecule has 2 aromatic carbocycles. The Bertz CT molecular complexity index is 1290. The van der Waals surface area contributed by atoms with Gasteiger partial charge in [0.05, 0.1) is 11.7 Å². The number of thiocarbonyl (C=S) groups is 1. The van der Waals surface area contributed by atoms with E-state index >= 15 is 0 Å². The Balaban J connectivity index is 1.53. The first kappa shape index (κ1) is 22.2. The molecule has 1 N–H and O–H groups in total. The Morgan fingerprint density at radius 2 is 1.85 bits per heavy atom. The molecule has 4 nitrogen and oxygen atoms in total. The summed E-state index contributed by atoms with van der Waals surface area (Å²) < 4.78 is 7.46. The Morgan fingerprint density at radius 1 is 1.03 bits per heavy atom. The summed E-state index contributed by atoms with van der Waals surface area (Å²) in [6.45, 7) is 4.17. The summed E-state index contributed by atoms with van der Waals surface area (Å²) in [4.78, 5) is 7.88. The Labute approximate surface area is 211 Å². The molecule has 5 rings (SSSR count). The second-order valence-electron chi connectivity index (χ2n) is 8.00. The van der Waals surface area contributed by atoms with E-state index in [9.17, 15) is 0 Å². The quantitative estimate of drug-likeness (QED) is 0.269. The van der Waals surface area contributed by atoms with Gasteiger partial charge in [-0.1, -0.05) is 51.5 Å². The predicted molar refractivity (Wildman–Crippen MR) is 141 cm³/mol. The van der Waals surface area contributed by atoms with Crippen LogP contribution in [0.4, 0.5) is 5.69 Å². The van der Waals surface area contributed by atoms with E-state index in [1.165, 1.54) is 5.56 Å². The van der Waals surface area contributed by atoms with Crippen LogP contribution in [-0.4, -0.2) is 10.1 Å². The van der Waals surface area contributed by atoms with Gasteiger partial charge in [0.1, 0.15) is 11.8 Å². The highest BCUT2D eigenvalue weighted by atomic mass is 79.9. The maximum atomic E-state index is 6.39. The molecule has 0 amide bonds. The van der Waals surface area contributed by atoms with Gasteiger partial charge in [-0.2, -0.15) is 0 Å². The van der Waals surface area contributed by atoms with Crippen LogP contribution >= 0.6 is 39.9 Å². The summed E-state index contributed by atoms with van der Waals surface area (Å²) in [6.07, 6.45) is 1.81. The molecule has 0 aliphatic carbocycles. The molecule has 1 saturated heterocycles. The van der Waals surface area contributed by atoms with Crippen molar-refractivity contribution in [1.29, 1.82) is 0 Å². The van der Waals surface area contributed by atoms with Crippen LogP contribution in [0.3, 0.4) is 0 Å². The number of aromatic nitrogens is 1. The van der Waals surface area contributed by atoms with Crippen LogP contribution in [0, 0.1) is 13.8 Å². The zero-order chi connectivity index (χ0) is 22.9. The van der Waals surface area contributed by atoms with E-state index in [-0.39, 0.29) is 12.1 Å². The third-order valence-corrected chi connectivity index (χ3v) is 7.78. The van der Waals surface area contributed by atoms with Crippen LogP contribution in [0.25, 0.3) is 0 Å². The smallest absolute Gasteiger partial charge is 0.174 e. The van der Waals surface area contributed by atoms with Crippen molar-refractivity contribution in [3.63, 3.8) is 0 Å². The fraction of sp³-hybridized carbons (Fsp3) is 0.154. The van der Waals surface area contributed by atoms with Crippen molar-refractivity contribution in [2.75, 3.05) is 4.90 Å². The van der Waals surface area contributed by atoms with E-state index in [0.717, 1.165) is 37.2 Å². The molecular formula is C26H22BrN3OS2. The summed E-state index contributed by atoms with van der Waals surface area (Å²) in [5, 5.41) is 4.98. The number of anilines is 1. The number of hydrogen-bond acceptors (Lipinski definition) is 4. The molecule has 1 aliphatic rings. The molecule has 0 radical (unpaired) electrons. The van der Waals surface area contributed by atoms with Gasteiger partial charge in [0.25, 0.3) is 0 Å². The first-order valence-corrected chi connectivity index (χ1v) is 12.6. The number of nitrogens with one attached hydrogen (secondary N) is 1. The summed E-state index contributed by atoms with van der Waals surface area (Å²) >= 11 is 11.0. The van der Waals surface area contributed by atoms with Gasteiger partial charge in [0.2, 0.25) is 0 Å². The first-order chi connectivity index (χ1) is 16.0. The van der Waals surface area contributed by atoms with Crippen molar-refractivity contribution in [2.45, 2.75) is 35.9 Å². The molecule has 0 spiro atoms. The van der Waals surface area contributed by atoms with Crippen LogP contribution in [0.2, 0.25) is 0 Å². The van der Waals surface area contributed by atoms with Gasteiger partial charge in [0.15, 0.2) is 10.2 Å². The fourth-order valence-corrected chi connectivity index (χ4v) is 5.34. The number of halogens is 1. The minimum absolute atomic E-state index is 0.133. The molecule has 3 heterocycles. The lowest BCUT2D eigenvalue weighted by Crippen LogP contribution is -2.29. The largest absolute Gasteiger partial charge is 0.452 e. The fourth-order valence-electron chi connectivity index (χ4n) is 3.97. The standard InChI is InChI=1S/C26H22BrN3OS2/c1-16-6-9-19(10-7-16)33-23-13-12-22(31-23)25-24(21-5-3-4-14-28-21)29-26(32)30(25)18-8-11-20(27)17(2)15-18/h3-15,24-25H,1-2H3,(H,29,32). The molecule has 2 aromatic heterocycles. The van der Waals surface area contributed by atoms with E-state index in [0.29, 0.717) is 5.11 Å². The maximum absolute atomic E-state index is 6.39. The van der Waals surface area contributed by atoms with E-state index in [1.54, 1.807) is 11.8 Å². The van der Waals surface area contributed by atoms with Gasteiger partial charge >= 0.3 is 0 Å². The molecule has 166 valence electrons. The van der Waals surface area contributed by atoms with Gasteiger partial charge in [-0.15, -0.1) is 0 Å². The minimum atomic E-state index is -0.166. The Kier molecular flexibility index (Phi) is 6.27. The molecule has 4 aromatic rings. The van der Waals surface area contributed by atoms with E-state index < -0.39 is 0 Å². The van der Waals surface area contributed by atoms with Crippen LogP contribution < -0.4 is 10.2 Å². The molecule has 0 saturated carbocycles. The van der Waals surface area contributed by atoms with Gasteiger partial charge in [-0.25, -0.2) is 0 Å². The monoisotopic (exact) mass is 535 g/mol. The minimum Gasteiger partial charge on any atom is -0.452 e. The third kappa shape index (κ3) is 4.58. The van der Waals surface area contributed by atoms with Gasteiger partial charge < -0.3 is 14.6 Å². The van der Waals surface area contributed by atoms with Crippen LogP contribution in [-0.2, 0) is 0 Å². The lowest BCUT2D eigenvalue weighted by molar-refractivity contribution is 0.383. The van der Waals surface area contributed by atoms with Gasteiger partial charge in [0, 0.05) is 21.3 Å². The molecule has 1 aliphatic heterocycles. The zero-order valence-corrected chi connectivity index (χ0v) is 21.4. The van der Waals surface area contributed by atoms with Crippen molar-refractivity contribution < 1.29 is 4.42 Å². The molecule has 0 bridgehead atoms. The van der Waals surface area contributed by atoms with E-state index in [2.05, 4.69) is 87.4 Å². The van der Waals surface area contributed by atoms with Crippen LogP contribution in [0.15, 0.2) is 97.9 Å². The van der Waals surface area contributed by atoms with Crippen molar-refractivity contribution in [1.82, 2.24) is 10.3 Å². The number of nitrogens with zero attached hydrogens (tertiary/aromatic N) is 2. The van der Waals surface area contributed by atoms with Crippen molar-refractivity contribution in [3.8, 4) is 0 Å². The van der Waals surface area contributed by atoms with Crippen molar-refractivity contribution >= 4 is 50.7 Å². The van der Waals surface area contributed by atoms with Gasteiger partial charge in [-0.05, 0) is 86.2 Å².